The molecule has 0 spiro atoms. The molecule has 3 aliphatic rings. The molecule has 3 heterocycles. The second-order valence-corrected chi connectivity index (χ2v) is 14.6. The third kappa shape index (κ3) is 3.83. The van der Waals surface area contributed by atoms with Crippen molar-refractivity contribution < 1.29 is 28.1 Å². The number of fused-ring (bicyclic) bond motifs is 3. The molecule has 0 aromatic heterocycles. The summed E-state index contributed by atoms with van der Waals surface area (Å²) in [5.41, 5.74) is 0. The molecule has 3 aliphatic heterocycles. The average molecular weight is 375 g/mol. The van der Waals surface area contributed by atoms with Crippen LogP contribution in [-0.2, 0) is 28.1 Å². The van der Waals surface area contributed by atoms with Gasteiger partial charge in [0.05, 0.1) is 6.61 Å². The van der Waals surface area contributed by atoms with Gasteiger partial charge >= 0.3 is 0 Å². The molecule has 25 heavy (non-hydrogen) atoms. The Morgan fingerprint density at radius 2 is 1.40 bits per heavy atom. The summed E-state index contributed by atoms with van der Waals surface area (Å²) in [6.07, 6.45) is -1.33. The summed E-state index contributed by atoms with van der Waals surface area (Å²) in [5.74, 6) is -1.36. The smallest absolute Gasteiger partial charge is 0.192 e. The lowest BCUT2D eigenvalue weighted by Gasteiger charge is -2.45. The fourth-order valence-electron chi connectivity index (χ4n) is 3.36. The van der Waals surface area contributed by atoms with Crippen molar-refractivity contribution in [1.29, 1.82) is 0 Å². The maximum absolute atomic E-state index is 6.39. The van der Waals surface area contributed by atoms with Gasteiger partial charge < -0.3 is 28.1 Å². The Balaban J connectivity index is 1.73. The van der Waals surface area contributed by atoms with E-state index in [1.165, 1.54) is 0 Å². The molecule has 3 rings (SSSR count). The Morgan fingerprint density at radius 1 is 0.840 bits per heavy atom. The van der Waals surface area contributed by atoms with Gasteiger partial charge in [0.15, 0.2) is 26.2 Å². The summed E-state index contributed by atoms with van der Waals surface area (Å²) >= 11 is 0. The molecule has 0 bridgehead atoms. The molecule has 5 atom stereocenters. The Kier molecular flexibility index (Phi) is 4.73. The van der Waals surface area contributed by atoms with Crippen LogP contribution >= 0.6 is 0 Å². The van der Waals surface area contributed by atoms with Crippen molar-refractivity contribution in [3.63, 3.8) is 0 Å². The molecule has 0 unspecified atom stereocenters. The quantitative estimate of drug-likeness (QED) is 0.706. The average Bonchev–Trinajstić information content (AvgIpc) is 2.87. The van der Waals surface area contributed by atoms with Crippen molar-refractivity contribution in [3.05, 3.63) is 0 Å². The van der Waals surface area contributed by atoms with E-state index in [4.69, 9.17) is 28.1 Å². The topological polar surface area (TPSA) is 55.4 Å². The zero-order valence-electron chi connectivity index (χ0n) is 17.0. The molecule has 146 valence electrons. The van der Waals surface area contributed by atoms with Crippen LogP contribution < -0.4 is 0 Å². The highest BCUT2D eigenvalue weighted by Crippen LogP contribution is 2.45. The third-order valence-corrected chi connectivity index (χ3v) is 10.2. The van der Waals surface area contributed by atoms with Gasteiger partial charge in [-0.15, -0.1) is 0 Å². The molecular formula is C18H34O6Si. The lowest BCUT2D eigenvalue weighted by Crippen LogP contribution is -2.58. The SMILES string of the molecule is CC1(C)O[C@H]2O[C@H]3[C@H](OC(C)(C)O[C@@H]3CO[Si](C)(C)C(C)(C)C)[C@H]2O1. The van der Waals surface area contributed by atoms with E-state index in [-0.39, 0.29) is 29.5 Å². The first kappa shape index (κ1) is 19.7. The highest BCUT2D eigenvalue weighted by atomic mass is 28.4. The van der Waals surface area contributed by atoms with Crippen LogP contribution in [0.5, 0.6) is 0 Å². The largest absolute Gasteiger partial charge is 0.414 e. The molecule has 0 radical (unpaired) electrons. The van der Waals surface area contributed by atoms with Gasteiger partial charge in [-0.25, -0.2) is 0 Å². The summed E-state index contributed by atoms with van der Waals surface area (Å²) in [7, 11) is -1.87. The number of hydrogen-bond donors (Lipinski definition) is 0. The Bertz CT molecular complexity index is 512. The highest BCUT2D eigenvalue weighted by molar-refractivity contribution is 6.74. The van der Waals surface area contributed by atoms with Crippen molar-refractivity contribution in [2.45, 2.75) is 109 Å². The minimum absolute atomic E-state index is 0.149. The zero-order chi connectivity index (χ0) is 18.8. The van der Waals surface area contributed by atoms with E-state index in [0.29, 0.717) is 6.61 Å². The highest BCUT2D eigenvalue weighted by Gasteiger charge is 2.61. The fourth-order valence-corrected chi connectivity index (χ4v) is 4.37. The van der Waals surface area contributed by atoms with Gasteiger partial charge in [0.2, 0.25) is 0 Å². The second-order valence-electron chi connectivity index (χ2n) is 9.78. The maximum Gasteiger partial charge on any atom is 0.192 e. The van der Waals surface area contributed by atoms with Crippen LogP contribution in [0.1, 0.15) is 48.5 Å². The van der Waals surface area contributed by atoms with Crippen LogP contribution in [0.4, 0.5) is 0 Å². The van der Waals surface area contributed by atoms with E-state index in [1.807, 2.05) is 27.7 Å². The molecule has 0 aromatic carbocycles. The molecule has 0 aliphatic carbocycles. The van der Waals surface area contributed by atoms with Crippen LogP contribution in [0.2, 0.25) is 18.1 Å². The van der Waals surface area contributed by atoms with Crippen molar-refractivity contribution in [3.8, 4) is 0 Å². The summed E-state index contributed by atoms with van der Waals surface area (Å²) in [6, 6.07) is 0. The summed E-state index contributed by atoms with van der Waals surface area (Å²) in [6.45, 7) is 19.3. The van der Waals surface area contributed by atoms with Gasteiger partial charge in [-0.05, 0) is 45.8 Å². The predicted molar refractivity (Wildman–Crippen MR) is 95.7 cm³/mol. The van der Waals surface area contributed by atoms with E-state index >= 15 is 0 Å². The second kappa shape index (κ2) is 5.99. The molecule has 0 N–H and O–H groups in total. The molecule has 7 heteroatoms. The van der Waals surface area contributed by atoms with Gasteiger partial charge in [0, 0.05) is 0 Å². The minimum Gasteiger partial charge on any atom is -0.414 e. The lowest BCUT2D eigenvalue weighted by atomic mass is 10.0. The van der Waals surface area contributed by atoms with Crippen LogP contribution in [0, 0.1) is 0 Å². The first-order valence-electron chi connectivity index (χ1n) is 9.22. The summed E-state index contributed by atoms with van der Waals surface area (Å²) in [4.78, 5) is 0. The van der Waals surface area contributed by atoms with Crippen molar-refractivity contribution in [1.82, 2.24) is 0 Å². The monoisotopic (exact) mass is 374 g/mol. The first-order chi connectivity index (χ1) is 11.2. The first-order valence-corrected chi connectivity index (χ1v) is 12.1. The Labute approximate surface area is 152 Å². The van der Waals surface area contributed by atoms with E-state index in [0.717, 1.165) is 0 Å². The van der Waals surface area contributed by atoms with Gasteiger partial charge in [-0.1, -0.05) is 20.8 Å². The fraction of sp³-hybridized carbons (Fsp3) is 1.00. The van der Waals surface area contributed by atoms with Crippen molar-refractivity contribution >= 4 is 8.32 Å². The van der Waals surface area contributed by atoms with Crippen molar-refractivity contribution in [2.75, 3.05) is 6.61 Å². The van der Waals surface area contributed by atoms with Gasteiger partial charge in [-0.2, -0.15) is 0 Å². The summed E-state index contributed by atoms with van der Waals surface area (Å²) < 4.78 is 36.7. The molecule has 6 nitrogen and oxygen atoms in total. The number of ether oxygens (including phenoxy) is 5. The minimum atomic E-state index is -1.87. The standard InChI is InChI=1S/C18H34O6Si/c1-16(2,3)25(8,9)19-10-11-12-13(22-17(4,5)21-11)14-15(20-12)24-18(6,7)23-14/h11-15H,10H2,1-9H3/t11-,12-,13+,14-,15-/m1/s1. The number of rotatable bonds is 3. The van der Waals surface area contributed by atoms with Crippen LogP contribution in [0.15, 0.2) is 0 Å². The van der Waals surface area contributed by atoms with E-state index in [1.54, 1.807) is 0 Å². The molecule has 0 aromatic rings. The normalized spacial score (nSPS) is 40.0. The van der Waals surface area contributed by atoms with E-state index in [2.05, 4.69) is 33.9 Å². The van der Waals surface area contributed by atoms with Crippen LogP contribution in [0.25, 0.3) is 0 Å². The van der Waals surface area contributed by atoms with Crippen molar-refractivity contribution in [2.24, 2.45) is 0 Å². The molecule has 0 saturated carbocycles. The molecule has 3 saturated heterocycles. The van der Waals surface area contributed by atoms with Gasteiger partial charge in [0.1, 0.15) is 24.4 Å². The van der Waals surface area contributed by atoms with Gasteiger partial charge in [-0.3, -0.25) is 0 Å². The third-order valence-electron chi connectivity index (χ3n) is 5.66. The zero-order valence-corrected chi connectivity index (χ0v) is 18.0. The van der Waals surface area contributed by atoms with E-state index < -0.39 is 26.2 Å². The summed E-state index contributed by atoms with van der Waals surface area (Å²) in [5, 5.41) is 0.149. The molecular weight excluding hydrogens is 340 g/mol. The number of hydrogen-bond acceptors (Lipinski definition) is 6. The Morgan fingerprint density at radius 3 is 2.00 bits per heavy atom. The maximum atomic E-state index is 6.39. The molecule has 3 fully saturated rings. The van der Waals surface area contributed by atoms with E-state index in [9.17, 15) is 0 Å². The predicted octanol–water partition coefficient (Wildman–Crippen LogP) is 3.40. The van der Waals surface area contributed by atoms with Crippen LogP contribution in [-0.4, -0.2) is 57.2 Å². The molecule has 0 amide bonds. The lowest BCUT2D eigenvalue weighted by molar-refractivity contribution is -0.346. The Hall–Kier alpha value is -0.0231. The van der Waals surface area contributed by atoms with Crippen LogP contribution in [0.3, 0.4) is 0 Å². The van der Waals surface area contributed by atoms with Gasteiger partial charge in [0.25, 0.3) is 0 Å².